The van der Waals surface area contributed by atoms with Crippen molar-refractivity contribution in [2.75, 3.05) is 44.4 Å². The SMILES string of the molecule is Cc1ccc(N(C)CCCN(C)C)c(C(=O)Nc2ccc(C)c(C)c2)c1. The van der Waals surface area contributed by atoms with Crippen molar-refractivity contribution in [1.82, 2.24) is 4.90 Å². The van der Waals surface area contributed by atoms with Crippen LogP contribution >= 0.6 is 0 Å². The van der Waals surface area contributed by atoms with Crippen LogP contribution in [0.25, 0.3) is 0 Å². The first-order valence-electron chi connectivity index (χ1n) is 9.13. The first-order valence-corrected chi connectivity index (χ1v) is 9.13. The molecule has 0 atom stereocenters. The van der Waals surface area contributed by atoms with Crippen LogP contribution < -0.4 is 10.2 Å². The second kappa shape index (κ2) is 8.86. The summed E-state index contributed by atoms with van der Waals surface area (Å²) >= 11 is 0. The summed E-state index contributed by atoms with van der Waals surface area (Å²) in [6, 6.07) is 12.1. The van der Waals surface area contributed by atoms with Crippen LogP contribution in [0.15, 0.2) is 36.4 Å². The fourth-order valence-electron chi connectivity index (χ4n) is 2.93. The van der Waals surface area contributed by atoms with E-state index in [1.807, 2.05) is 44.3 Å². The van der Waals surface area contributed by atoms with Crippen LogP contribution in [0.2, 0.25) is 0 Å². The molecular weight excluding hydrogens is 322 g/mol. The summed E-state index contributed by atoms with van der Waals surface area (Å²) in [5.74, 6) is -0.0635. The first-order chi connectivity index (χ1) is 12.3. The maximum Gasteiger partial charge on any atom is 0.257 e. The van der Waals surface area contributed by atoms with Gasteiger partial charge < -0.3 is 15.1 Å². The Bertz CT molecular complexity index is 768. The minimum Gasteiger partial charge on any atom is -0.374 e. The van der Waals surface area contributed by atoms with Gasteiger partial charge in [0.15, 0.2) is 0 Å². The third-order valence-electron chi connectivity index (χ3n) is 4.67. The van der Waals surface area contributed by atoms with E-state index in [9.17, 15) is 4.79 Å². The zero-order chi connectivity index (χ0) is 19.3. The largest absolute Gasteiger partial charge is 0.374 e. The minimum absolute atomic E-state index is 0.0635. The van der Waals surface area contributed by atoms with Gasteiger partial charge in [-0.15, -0.1) is 0 Å². The molecule has 0 saturated heterocycles. The Morgan fingerprint density at radius 2 is 1.65 bits per heavy atom. The molecule has 0 fully saturated rings. The molecule has 26 heavy (non-hydrogen) atoms. The topological polar surface area (TPSA) is 35.6 Å². The number of carbonyl (C=O) groups excluding carboxylic acids is 1. The highest BCUT2D eigenvalue weighted by Gasteiger charge is 2.15. The summed E-state index contributed by atoms with van der Waals surface area (Å²) < 4.78 is 0. The molecule has 0 aromatic heterocycles. The molecule has 0 unspecified atom stereocenters. The van der Waals surface area contributed by atoms with Crippen LogP contribution in [-0.2, 0) is 0 Å². The molecule has 0 spiro atoms. The zero-order valence-electron chi connectivity index (χ0n) is 16.9. The molecule has 0 aliphatic carbocycles. The Labute approximate surface area is 157 Å². The number of carbonyl (C=O) groups is 1. The molecule has 2 aromatic rings. The molecule has 140 valence electrons. The third kappa shape index (κ3) is 5.33. The van der Waals surface area contributed by atoms with Gasteiger partial charge in [0.25, 0.3) is 5.91 Å². The lowest BCUT2D eigenvalue weighted by molar-refractivity contribution is 0.102. The smallest absolute Gasteiger partial charge is 0.257 e. The van der Waals surface area contributed by atoms with Gasteiger partial charge in [-0.05, 0) is 83.2 Å². The standard InChI is InChI=1S/C22H31N3O/c1-16-8-11-21(25(6)13-7-12-24(4)5)20(14-16)22(26)23-19-10-9-17(2)18(3)15-19/h8-11,14-15H,7,12-13H2,1-6H3,(H,23,26). The Morgan fingerprint density at radius 1 is 0.923 bits per heavy atom. The maximum absolute atomic E-state index is 12.9. The lowest BCUT2D eigenvalue weighted by Gasteiger charge is -2.23. The number of nitrogens with one attached hydrogen (secondary N) is 1. The molecule has 0 bridgehead atoms. The van der Waals surface area contributed by atoms with Gasteiger partial charge in [0.2, 0.25) is 0 Å². The highest BCUT2D eigenvalue weighted by atomic mass is 16.1. The van der Waals surface area contributed by atoms with Crippen molar-refractivity contribution in [3.8, 4) is 0 Å². The molecule has 0 aliphatic rings. The molecule has 2 aromatic carbocycles. The van der Waals surface area contributed by atoms with Crippen molar-refractivity contribution in [3.63, 3.8) is 0 Å². The van der Waals surface area contributed by atoms with Crippen LogP contribution in [0.5, 0.6) is 0 Å². The van der Waals surface area contributed by atoms with Crippen molar-refractivity contribution in [1.29, 1.82) is 0 Å². The lowest BCUT2D eigenvalue weighted by Crippen LogP contribution is -2.26. The Kier molecular flexibility index (Phi) is 6.81. The summed E-state index contributed by atoms with van der Waals surface area (Å²) in [4.78, 5) is 17.3. The van der Waals surface area contributed by atoms with Gasteiger partial charge in [0, 0.05) is 25.0 Å². The van der Waals surface area contributed by atoms with E-state index in [1.54, 1.807) is 0 Å². The summed E-state index contributed by atoms with van der Waals surface area (Å²) in [6.45, 7) is 8.08. The number of rotatable bonds is 7. The molecule has 0 saturated carbocycles. The van der Waals surface area contributed by atoms with E-state index in [0.29, 0.717) is 0 Å². The Hall–Kier alpha value is -2.33. The van der Waals surface area contributed by atoms with Crippen molar-refractivity contribution in [2.24, 2.45) is 0 Å². The third-order valence-corrected chi connectivity index (χ3v) is 4.67. The molecule has 1 N–H and O–H groups in total. The van der Waals surface area contributed by atoms with Crippen molar-refractivity contribution >= 4 is 17.3 Å². The van der Waals surface area contributed by atoms with Crippen LogP contribution in [0, 0.1) is 20.8 Å². The van der Waals surface area contributed by atoms with E-state index in [-0.39, 0.29) is 5.91 Å². The summed E-state index contributed by atoms with van der Waals surface area (Å²) in [5.41, 5.74) is 6.00. The quantitative estimate of drug-likeness (QED) is 0.808. The number of benzene rings is 2. The van der Waals surface area contributed by atoms with E-state index >= 15 is 0 Å². The van der Waals surface area contributed by atoms with Gasteiger partial charge in [-0.1, -0.05) is 17.7 Å². The van der Waals surface area contributed by atoms with Crippen molar-refractivity contribution < 1.29 is 4.79 Å². The predicted octanol–water partition coefficient (Wildman–Crippen LogP) is 4.25. The summed E-state index contributed by atoms with van der Waals surface area (Å²) in [5, 5.41) is 3.05. The second-order valence-electron chi connectivity index (χ2n) is 7.35. The van der Waals surface area contributed by atoms with Crippen LogP contribution in [0.3, 0.4) is 0 Å². The number of nitrogens with zero attached hydrogens (tertiary/aromatic N) is 2. The molecule has 0 radical (unpaired) electrons. The predicted molar refractivity (Wildman–Crippen MR) is 111 cm³/mol. The highest BCUT2D eigenvalue weighted by molar-refractivity contribution is 6.08. The maximum atomic E-state index is 12.9. The van der Waals surface area contributed by atoms with E-state index in [4.69, 9.17) is 0 Å². The molecule has 4 heteroatoms. The fourth-order valence-corrected chi connectivity index (χ4v) is 2.93. The van der Waals surface area contributed by atoms with Gasteiger partial charge >= 0.3 is 0 Å². The first kappa shape index (κ1) is 20.0. The zero-order valence-corrected chi connectivity index (χ0v) is 16.9. The highest BCUT2D eigenvalue weighted by Crippen LogP contribution is 2.23. The average Bonchev–Trinajstić information content (AvgIpc) is 2.57. The number of amides is 1. The number of aryl methyl sites for hydroxylation is 3. The summed E-state index contributed by atoms with van der Waals surface area (Å²) in [7, 11) is 6.20. The van der Waals surface area contributed by atoms with E-state index in [0.717, 1.165) is 42.0 Å². The molecule has 4 nitrogen and oxygen atoms in total. The molecule has 0 heterocycles. The monoisotopic (exact) mass is 353 g/mol. The van der Waals surface area contributed by atoms with Crippen molar-refractivity contribution in [2.45, 2.75) is 27.2 Å². The Morgan fingerprint density at radius 3 is 2.31 bits per heavy atom. The number of hydrogen-bond acceptors (Lipinski definition) is 3. The van der Waals surface area contributed by atoms with Gasteiger partial charge in [0.05, 0.1) is 5.56 Å². The van der Waals surface area contributed by atoms with Crippen molar-refractivity contribution in [3.05, 3.63) is 58.7 Å². The average molecular weight is 354 g/mol. The number of anilines is 2. The lowest BCUT2D eigenvalue weighted by atomic mass is 10.1. The van der Waals surface area contributed by atoms with Crippen LogP contribution in [0.4, 0.5) is 11.4 Å². The molecule has 0 aliphatic heterocycles. The van der Waals surface area contributed by atoms with Crippen LogP contribution in [-0.4, -0.2) is 45.0 Å². The fraction of sp³-hybridized carbons (Fsp3) is 0.409. The van der Waals surface area contributed by atoms with E-state index < -0.39 is 0 Å². The second-order valence-corrected chi connectivity index (χ2v) is 7.35. The van der Waals surface area contributed by atoms with E-state index in [2.05, 4.69) is 49.1 Å². The minimum atomic E-state index is -0.0635. The van der Waals surface area contributed by atoms with Gasteiger partial charge in [-0.25, -0.2) is 0 Å². The molecular formula is C22H31N3O. The Balaban J connectivity index is 2.19. The van der Waals surface area contributed by atoms with E-state index in [1.165, 1.54) is 11.1 Å². The molecule has 2 rings (SSSR count). The summed E-state index contributed by atoms with van der Waals surface area (Å²) in [6.07, 6.45) is 1.05. The van der Waals surface area contributed by atoms with Crippen LogP contribution in [0.1, 0.15) is 33.5 Å². The van der Waals surface area contributed by atoms with Gasteiger partial charge in [0.1, 0.15) is 0 Å². The van der Waals surface area contributed by atoms with Gasteiger partial charge in [-0.3, -0.25) is 4.79 Å². The molecule has 1 amide bonds. The normalized spacial score (nSPS) is 10.9. The number of hydrogen-bond donors (Lipinski definition) is 1. The van der Waals surface area contributed by atoms with Gasteiger partial charge in [-0.2, -0.15) is 0 Å².